The monoisotopic (exact) mass is 354 g/mol. The third-order valence-corrected chi connectivity index (χ3v) is 4.69. The number of methoxy groups -OCH3 is 1. The van der Waals surface area contributed by atoms with Gasteiger partial charge in [-0.2, -0.15) is 0 Å². The molecule has 0 spiro atoms. The molecule has 1 heterocycles. The third-order valence-electron chi connectivity index (χ3n) is 4.69. The Morgan fingerprint density at radius 1 is 1.04 bits per heavy atom. The number of carbonyl (C=O) groups excluding carboxylic acids is 1. The molecule has 1 fully saturated rings. The smallest absolute Gasteiger partial charge is 0.251 e. The van der Waals surface area contributed by atoms with Crippen molar-refractivity contribution in [2.45, 2.75) is 18.9 Å². The first-order valence-electron chi connectivity index (χ1n) is 9.10. The van der Waals surface area contributed by atoms with Crippen LogP contribution in [-0.4, -0.2) is 50.2 Å². The number of amides is 1. The molecule has 138 valence electrons. The molecular formula is C21H26N2O3. The summed E-state index contributed by atoms with van der Waals surface area (Å²) in [5.41, 5.74) is 0.725. The molecule has 0 bridgehead atoms. The Bertz CT molecular complexity index is 680. The fourth-order valence-electron chi connectivity index (χ4n) is 3.12. The Labute approximate surface area is 154 Å². The normalized spacial score (nSPS) is 15.4. The number of ether oxygens (including phenoxy) is 2. The van der Waals surface area contributed by atoms with Crippen molar-refractivity contribution >= 4 is 5.91 Å². The lowest BCUT2D eigenvalue weighted by atomic mass is 10.0. The summed E-state index contributed by atoms with van der Waals surface area (Å²) in [6.45, 7) is 3.51. The maximum Gasteiger partial charge on any atom is 0.251 e. The highest BCUT2D eigenvalue weighted by molar-refractivity contribution is 5.94. The molecule has 0 aliphatic carbocycles. The van der Waals surface area contributed by atoms with Gasteiger partial charge in [0, 0.05) is 31.2 Å². The highest BCUT2D eigenvalue weighted by Gasteiger charge is 2.20. The van der Waals surface area contributed by atoms with Crippen molar-refractivity contribution in [3.8, 4) is 11.5 Å². The van der Waals surface area contributed by atoms with E-state index in [1.165, 1.54) is 0 Å². The Morgan fingerprint density at radius 2 is 1.69 bits per heavy atom. The predicted molar refractivity (Wildman–Crippen MR) is 102 cm³/mol. The van der Waals surface area contributed by atoms with Crippen LogP contribution in [0.4, 0.5) is 0 Å². The largest absolute Gasteiger partial charge is 0.497 e. The van der Waals surface area contributed by atoms with Gasteiger partial charge in [-0.3, -0.25) is 9.69 Å². The first-order chi connectivity index (χ1) is 12.7. The van der Waals surface area contributed by atoms with Crippen molar-refractivity contribution in [1.82, 2.24) is 10.2 Å². The van der Waals surface area contributed by atoms with Crippen LogP contribution in [-0.2, 0) is 0 Å². The van der Waals surface area contributed by atoms with Crippen LogP contribution in [0.1, 0.15) is 23.2 Å². The van der Waals surface area contributed by atoms with Crippen molar-refractivity contribution in [1.29, 1.82) is 0 Å². The lowest BCUT2D eigenvalue weighted by Crippen LogP contribution is -2.45. The fraction of sp³-hybridized carbons (Fsp3) is 0.381. The van der Waals surface area contributed by atoms with E-state index in [2.05, 4.69) is 10.2 Å². The van der Waals surface area contributed by atoms with Gasteiger partial charge in [-0.15, -0.1) is 0 Å². The summed E-state index contributed by atoms with van der Waals surface area (Å²) in [7, 11) is 1.65. The Hall–Kier alpha value is -2.53. The predicted octanol–water partition coefficient (Wildman–Crippen LogP) is 2.97. The van der Waals surface area contributed by atoms with Crippen LogP contribution in [0.2, 0.25) is 0 Å². The number of piperidine rings is 1. The summed E-state index contributed by atoms with van der Waals surface area (Å²) in [4.78, 5) is 14.6. The third kappa shape index (κ3) is 5.23. The number of nitrogens with zero attached hydrogens (tertiary/aromatic N) is 1. The lowest BCUT2D eigenvalue weighted by molar-refractivity contribution is 0.0905. The molecule has 5 nitrogen and oxygen atoms in total. The second kappa shape index (κ2) is 9.25. The number of hydrogen-bond acceptors (Lipinski definition) is 4. The molecule has 1 N–H and O–H groups in total. The molecule has 2 aromatic rings. The van der Waals surface area contributed by atoms with Crippen LogP contribution in [0.25, 0.3) is 0 Å². The van der Waals surface area contributed by atoms with E-state index in [4.69, 9.17) is 9.47 Å². The maximum absolute atomic E-state index is 12.2. The van der Waals surface area contributed by atoms with Gasteiger partial charge in [0.15, 0.2) is 0 Å². The Kier molecular flexibility index (Phi) is 6.50. The minimum Gasteiger partial charge on any atom is -0.497 e. The van der Waals surface area contributed by atoms with Gasteiger partial charge < -0.3 is 14.8 Å². The lowest BCUT2D eigenvalue weighted by Gasteiger charge is -2.32. The van der Waals surface area contributed by atoms with Crippen LogP contribution < -0.4 is 14.8 Å². The van der Waals surface area contributed by atoms with Gasteiger partial charge in [0.1, 0.15) is 18.1 Å². The van der Waals surface area contributed by atoms with Crippen LogP contribution in [0.5, 0.6) is 11.5 Å². The average molecular weight is 354 g/mol. The van der Waals surface area contributed by atoms with Crippen LogP contribution in [0.3, 0.4) is 0 Å². The number of rotatable bonds is 7. The van der Waals surface area contributed by atoms with Crippen molar-refractivity contribution in [3.63, 3.8) is 0 Å². The molecule has 2 aromatic carbocycles. The first-order valence-corrected chi connectivity index (χ1v) is 9.10. The van der Waals surface area contributed by atoms with Gasteiger partial charge in [-0.25, -0.2) is 0 Å². The summed E-state index contributed by atoms with van der Waals surface area (Å²) in [6, 6.07) is 17.3. The zero-order valence-electron chi connectivity index (χ0n) is 15.2. The van der Waals surface area contributed by atoms with Gasteiger partial charge in [0.05, 0.1) is 7.11 Å². The quantitative estimate of drug-likeness (QED) is 0.831. The second-order valence-corrected chi connectivity index (χ2v) is 6.48. The van der Waals surface area contributed by atoms with Crippen LogP contribution in [0, 0.1) is 0 Å². The maximum atomic E-state index is 12.2. The van der Waals surface area contributed by atoms with E-state index in [0.717, 1.165) is 49.5 Å². The van der Waals surface area contributed by atoms with Gasteiger partial charge in [-0.1, -0.05) is 18.2 Å². The topological polar surface area (TPSA) is 50.8 Å². The summed E-state index contributed by atoms with van der Waals surface area (Å²) < 4.78 is 10.9. The van der Waals surface area contributed by atoms with Crippen LogP contribution >= 0.6 is 0 Å². The zero-order chi connectivity index (χ0) is 18.2. The van der Waals surface area contributed by atoms with Gasteiger partial charge in [-0.05, 0) is 49.2 Å². The molecule has 1 amide bonds. The minimum atomic E-state index is 0.0203. The van der Waals surface area contributed by atoms with E-state index in [0.29, 0.717) is 6.61 Å². The first kappa shape index (κ1) is 18.3. The molecule has 5 heteroatoms. The molecule has 3 rings (SSSR count). The zero-order valence-corrected chi connectivity index (χ0v) is 15.2. The summed E-state index contributed by atoms with van der Waals surface area (Å²) in [5.74, 6) is 1.71. The number of benzene rings is 2. The highest BCUT2D eigenvalue weighted by Crippen LogP contribution is 2.17. The van der Waals surface area contributed by atoms with Crippen molar-refractivity contribution in [2.24, 2.45) is 0 Å². The van der Waals surface area contributed by atoms with Crippen molar-refractivity contribution in [3.05, 3.63) is 60.2 Å². The van der Waals surface area contributed by atoms with Crippen LogP contribution in [0.15, 0.2) is 54.6 Å². The summed E-state index contributed by atoms with van der Waals surface area (Å²) in [6.07, 6.45) is 1.95. The molecule has 0 aromatic heterocycles. The van der Waals surface area contributed by atoms with E-state index in [-0.39, 0.29) is 11.9 Å². The molecule has 0 saturated carbocycles. The van der Waals surface area contributed by atoms with Gasteiger partial charge >= 0.3 is 0 Å². The number of nitrogens with one attached hydrogen (secondary N) is 1. The molecule has 0 radical (unpaired) electrons. The summed E-state index contributed by atoms with van der Waals surface area (Å²) in [5, 5.41) is 3.14. The molecule has 0 unspecified atom stereocenters. The minimum absolute atomic E-state index is 0.0203. The Balaban J connectivity index is 1.35. The van der Waals surface area contributed by atoms with E-state index in [1.54, 1.807) is 7.11 Å². The van der Waals surface area contributed by atoms with E-state index >= 15 is 0 Å². The second-order valence-electron chi connectivity index (χ2n) is 6.48. The van der Waals surface area contributed by atoms with E-state index < -0.39 is 0 Å². The SMILES string of the molecule is COc1ccc(OCCN2CCC(NC(=O)c3ccccc3)CC2)cc1. The molecule has 1 saturated heterocycles. The number of hydrogen-bond donors (Lipinski definition) is 1. The Morgan fingerprint density at radius 3 is 2.35 bits per heavy atom. The number of likely N-dealkylation sites (tertiary alicyclic amines) is 1. The van der Waals surface area contributed by atoms with Crippen molar-refractivity contribution < 1.29 is 14.3 Å². The van der Waals surface area contributed by atoms with E-state index in [9.17, 15) is 4.79 Å². The molecule has 0 atom stereocenters. The molecular weight excluding hydrogens is 328 g/mol. The summed E-state index contributed by atoms with van der Waals surface area (Å²) >= 11 is 0. The molecule has 1 aliphatic rings. The van der Waals surface area contributed by atoms with Crippen molar-refractivity contribution in [2.75, 3.05) is 33.4 Å². The fourth-order valence-corrected chi connectivity index (χ4v) is 3.12. The molecule has 26 heavy (non-hydrogen) atoms. The van der Waals surface area contributed by atoms with Gasteiger partial charge in [0.25, 0.3) is 5.91 Å². The standard InChI is InChI=1S/C21H26N2O3/c1-25-19-7-9-20(10-8-19)26-16-15-23-13-11-18(12-14-23)22-21(24)17-5-3-2-4-6-17/h2-10,18H,11-16H2,1H3,(H,22,24). The average Bonchev–Trinajstić information content (AvgIpc) is 2.70. The molecule has 1 aliphatic heterocycles. The van der Waals surface area contributed by atoms with Gasteiger partial charge in [0.2, 0.25) is 0 Å². The van der Waals surface area contributed by atoms with E-state index in [1.807, 2.05) is 54.6 Å². The number of carbonyl (C=O) groups is 1. The highest BCUT2D eigenvalue weighted by atomic mass is 16.5.